The van der Waals surface area contributed by atoms with Crippen LogP contribution in [0, 0.1) is 0 Å². The molecular weight excluding hydrogens is 374 g/mol. The monoisotopic (exact) mass is 409 g/mol. The molecule has 0 radical (unpaired) electrons. The third-order valence-corrected chi connectivity index (χ3v) is 4.59. The lowest BCUT2D eigenvalue weighted by Crippen LogP contribution is -2.39. The molecule has 0 aliphatic rings. The number of aliphatic hydroxyl groups excluding tert-OH is 1. The van der Waals surface area contributed by atoms with Crippen LogP contribution in [0.4, 0.5) is 0 Å². The normalized spacial score (nSPS) is 12.9. The van der Waals surface area contributed by atoms with Crippen molar-refractivity contribution in [1.29, 1.82) is 0 Å². The Morgan fingerprint density at radius 1 is 0.966 bits per heavy atom. The zero-order valence-electron chi connectivity index (χ0n) is 17.6. The molecular formula is C22H35NO6. The second-order valence-electron chi connectivity index (χ2n) is 6.91. The Morgan fingerprint density at radius 2 is 1.62 bits per heavy atom. The van der Waals surface area contributed by atoms with Gasteiger partial charge in [0.25, 0.3) is 0 Å². The predicted octanol–water partition coefficient (Wildman–Crippen LogP) is 3.24. The van der Waals surface area contributed by atoms with Crippen molar-refractivity contribution in [3.8, 4) is 5.75 Å². The van der Waals surface area contributed by atoms with E-state index in [9.17, 15) is 19.8 Å². The molecule has 7 nitrogen and oxygen atoms in total. The number of carbonyl (C=O) groups is 2. The minimum absolute atomic E-state index is 0.156. The molecule has 0 aromatic heterocycles. The van der Waals surface area contributed by atoms with E-state index in [0.29, 0.717) is 39.0 Å². The van der Waals surface area contributed by atoms with Crippen LogP contribution in [0.25, 0.3) is 0 Å². The van der Waals surface area contributed by atoms with Gasteiger partial charge in [-0.15, -0.1) is 0 Å². The molecule has 164 valence electrons. The van der Waals surface area contributed by atoms with Gasteiger partial charge in [0.15, 0.2) is 0 Å². The number of rotatable bonds is 15. The van der Waals surface area contributed by atoms with Crippen LogP contribution in [0.2, 0.25) is 0 Å². The summed E-state index contributed by atoms with van der Waals surface area (Å²) in [7, 11) is 0. The van der Waals surface area contributed by atoms with Crippen LogP contribution in [-0.4, -0.2) is 48.0 Å². The summed E-state index contributed by atoms with van der Waals surface area (Å²) < 4.78 is 10.0. The zero-order valence-corrected chi connectivity index (χ0v) is 17.6. The Hall–Kier alpha value is -2.12. The Kier molecular flexibility index (Phi) is 12.7. The first-order valence-electron chi connectivity index (χ1n) is 10.5. The van der Waals surface area contributed by atoms with Gasteiger partial charge < -0.3 is 25.0 Å². The predicted molar refractivity (Wildman–Crippen MR) is 110 cm³/mol. The molecule has 7 heteroatoms. The zero-order chi connectivity index (χ0) is 21.5. The highest BCUT2D eigenvalue weighted by Gasteiger charge is 2.19. The van der Waals surface area contributed by atoms with E-state index in [1.807, 2.05) is 0 Å². The summed E-state index contributed by atoms with van der Waals surface area (Å²) in [5.74, 6) is -0.285. The van der Waals surface area contributed by atoms with E-state index in [-0.39, 0.29) is 17.7 Å². The molecule has 0 fully saturated rings. The molecule has 0 heterocycles. The number of phenolic OH excluding ortho intramolecular Hbond substituents is 1. The highest BCUT2D eigenvalue weighted by molar-refractivity contribution is 5.75. The van der Waals surface area contributed by atoms with E-state index in [0.717, 1.165) is 31.2 Å². The van der Waals surface area contributed by atoms with Crippen molar-refractivity contribution >= 4 is 11.9 Å². The SMILES string of the molecule is CCOC(=O)CCCCCCC(NCCC(O)c1ccc(O)cc1)C(=O)OCC. The molecule has 1 rings (SSSR count). The molecule has 0 bridgehead atoms. The second-order valence-corrected chi connectivity index (χ2v) is 6.91. The number of aliphatic hydroxyl groups is 1. The molecule has 0 spiro atoms. The standard InChI is InChI=1S/C22H35NO6/c1-3-28-21(26)10-8-6-5-7-9-19(22(27)29-4-2)23-16-15-20(25)17-11-13-18(24)14-12-17/h11-14,19-20,23-25H,3-10,15-16H2,1-2H3. The summed E-state index contributed by atoms with van der Waals surface area (Å²) in [5, 5.41) is 22.7. The van der Waals surface area contributed by atoms with Crippen LogP contribution in [0.1, 0.15) is 70.5 Å². The average Bonchev–Trinajstić information content (AvgIpc) is 2.69. The highest BCUT2D eigenvalue weighted by atomic mass is 16.5. The van der Waals surface area contributed by atoms with Gasteiger partial charge in [0.1, 0.15) is 11.8 Å². The van der Waals surface area contributed by atoms with Crippen LogP contribution in [0.3, 0.4) is 0 Å². The van der Waals surface area contributed by atoms with Crippen molar-refractivity contribution in [2.75, 3.05) is 19.8 Å². The van der Waals surface area contributed by atoms with E-state index in [2.05, 4.69) is 5.32 Å². The summed E-state index contributed by atoms with van der Waals surface area (Å²) >= 11 is 0. The number of benzene rings is 1. The van der Waals surface area contributed by atoms with Crippen molar-refractivity contribution in [2.24, 2.45) is 0 Å². The van der Waals surface area contributed by atoms with Crippen molar-refractivity contribution in [2.45, 2.75) is 70.9 Å². The van der Waals surface area contributed by atoms with Gasteiger partial charge in [0.05, 0.1) is 19.3 Å². The molecule has 0 aliphatic carbocycles. The number of unbranched alkanes of at least 4 members (excludes halogenated alkanes) is 3. The maximum absolute atomic E-state index is 12.2. The Labute approximate surface area is 173 Å². The fourth-order valence-corrected chi connectivity index (χ4v) is 3.01. The van der Waals surface area contributed by atoms with E-state index >= 15 is 0 Å². The summed E-state index contributed by atoms with van der Waals surface area (Å²) in [6.45, 7) is 4.78. The lowest BCUT2D eigenvalue weighted by atomic mass is 10.0. The van der Waals surface area contributed by atoms with Gasteiger partial charge in [-0.1, -0.05) is 31.4 Å². The number of aromatic hydroxyl groups is 1. The number of phenols is 1. The number of hydrogen-bond donors (Lipinski definition) is 3. The van der Waals surface area contributed by atoms with Crippen LogP contribution in [0.15, 0.2) is 24.3 Å². The molecule has 2 unspecified atom stereocenters. The first-order chi connectivity index (χ1) is 14.0. The molecule has 0 aliphatic heterocycles. The van der Waals surface area contributed by atoms with Crippen LogP contribution >= 0.6 is 0 Å². The number of hydrogen-bond acceptors (Lipinski definition) is 7. The number of nitrogens with one attached hydrogen (secondary N) is 1. The maximum atomic E-state index is 12.2. The fourth-order valence-electron chi connectivity index (χ4n) is 3.01. The number of ether oxygens (including phenoxy) is 2. The minimum Gasteiger partial charge on any atom is -0.508 e. The minimum atomic E-state index is -0.672. The topological polar surface area (TPSA) is 105 Å². The second kappa shape index (κ2) is 14.8. The first-order valence-corrected chi connectivity index (χ1v) is 10.5. The quantitative estimate of drug-likeness (QED) is 0.302. The summed E-state index contributed by atoms with van der Waals surface area (Å²) in [6, 6.07) is 6.02. The summed E-state index contributed by atoms with van der Waals surface area (Å²) in [5.41, 5.74) is 0.721. The molecule has 0 saturated heterocycles. The van der Waals surface area contributed by atoms with E-state index in [4.69, 9.17) is 9.47 Å². The van der Waals surface area contributed by atoms with Crippen molar-refractivity contribution in [3.05, 3.63) is 29.8 Å². The number of carbonyl (C=O) groups excluding carboxylic acids is 2. The fraction of sp³-hybridized carbons (Fsp3) is 0.636. The van der Waals surface area contributed by atoms with Gasteiger partial charge >= 0.3 is 11.9 Å². The largest absolute Gasteiger partial charge is 0.508 e. The molecule has 0 saturated carbocycles. The van der Waals surface area contributed by atoms with E-state index in [1.54, 1.807) is 26.0 Å². The summed E-state index contributed by atoms with van der Waals surface area (Å²) in [4.78, 5) is 23.5. The van der Waals surface area contributed by atoms with Gasteiger partial charge in [-0.3, -0.25) is 9.59 Å². The Bertz CT molecular complexity index is 589. The lowest BCUT2D eigenvalue weighted by Gasteiger charge is -2.18. The van der Waals surface area contributed by atoms with E-state index < -0.39 is 12.1 Å². The molecule has 2 atom stereocenters. The lowest BCUT2D eigenvalue weighted by molar-refractivity contribution is -0.146. The van der Waals surface area contributed by atoms with Crippen molar-refractivity contribution in [3.63, 3.8) is 0 Å². The Balaban J connectivity index is 2.33. The van der Waals surface area contributed by atoms with Gasteiger partial charge in [0.2, 0.25) is 0 Å². The van der Waals surface area contributed by atoms with Crippen LogP contribution in [-0.2, 0) is 19.1 Å². The molecule has 3 N–H and O–H groups in total. The third kappa shape index (κ3) is 10.9. The van der Waals surface area contributed by atoms with Crippen molar-refractivity contribution < 1.29 is 29.3 Å². The smallest absolute Gasteiger partial charge is 0.323 e. The van der Waals surface area contributed by atoms with Crippen LogP contribution in [0.5, 0.6) is 5.75 Å². The first kappa shape index (κ1) is 24.9. The van der Waals surface area contributed by atoms with Gasteiger partial charge in [0, 0.05) is 6.42 Å². The molecule has 1 aromatic carbocycles. The van der Waals surface area contributed by atoms with Gasteiger partial charge in [-0.05, 0) is 57.4 Å². The average molecular weight is 410 g/mol. The molecule has 29 heavy (non-hydrogen) atoms. The third-order valence-electron chi connectivity index (χ3n) is 4.59. The highest BCUT2D eigenvalue weighted by Crippen LogP contribution is 2.19. The molecule has 0 amide bonds. The number of esters is 2. The van der Waals surface area contributed by atoms with E-state index in [1.165, 1.54) is 12.1 Å². The summed E-state index contributed by atoms with van der Waals surface area (Å²) in [6.07, 6.45) is 4.32. The van der Waals surface area contributed by atoms with Crippen LogP contribution < -0.4 is 5.32 Å². The van der Waals surface area contributed by atoms with Crippen molar-refractivity contribution in [1.82, 2.24) is 5.32 Å². The van der Waals surface area contributed by atoms with Gasteiger partial charge in [-0.2, -0.15) is 0 Å². The maximum Gasteiger partial charge on any atom is 0.323 e. The van der Waals surface area contributed by atoms with Gasteiger partial charge in [-0.25, -0.2) is 0 Å². The molecule has 1 aromatic rings. The Morgan fingerprint density at radius 3 is 2.28 bits per heavy atom.